The third-order valence-electron chi connectivity index (χ3n) is 6.63. The second-order valence-corrected chi connectivity index (χ2v) is 9.36. The Bertz CT molecular complexity index is 896. The molecule has 0 aromatic carbocycles. The largest absolute Gasteiger partial charge is 0.331 e. The van der Waals surface area contributed by atoms with Crippen molar-refractivity contribution in [3.05, 3.63) is 47.3 Å². The average Bonchev–Trinajstić information content (AvgIpc) is 3.06. The lowest BCUT2D eigenvalue weighted by Crippen LogP contribution is -2.54. The van der Waals surface area contributed by atoms with Gasteiger partial charge in [-0.25, -0.2) is 9.78 Å². The average molecular weight is 411 g/mol. The Morgan fingerprint density at radius 2 is 1.87 bits per heavy atom. The summed E-state index contributed by atoms with van der Waals surface area (Å²) < 4.78 is 2.41. The number of carbonyl (C=O) groups excluding carboxylic acids is 1. The molecule has 2 aliphatic rings. The molecule has 2 aliphatic heterocycles. The third-order valence-corrected chi connectivity index (χ3v) is 6.63. The monoisotopic (exact) mass is 410 g/mol. The number of urea groups is 1. The number of piperidine rings is 1. The van der Waals surface area contributed by atoms with Crippen LogP contribution in [0.2, 0.25) is 0 Å². The second-order valence-electron chi connectivity index (χ2n) is 9.36. The Hall–Kier alpha value is -2.41. The summed E-state index contributed by atoms with van der Waals surface area (Å²) in [7, 11) is 3.66. The molecule has 2 aromatic rings. The number of pyridine rings is 1. The van der Waals surface area contributed by atoms with Crippen molar-refractivity contribution in [3.8, 4) is 0 Å². The van der Waals surface area contributed by atoms with Gasteiger partial charge < -0.3 is 14.4 Å². The molecule has 1 saturated heterocycles. The first-order valence-corrected chi connectivity index (χ1v) is 11.0. The van der Waals surface area contributed by atoms with Crippen LogP contribution in [0.4, 0.5) is 4.79 Å². The zero-order valence-corrected chi connectivity index (χ0v) is 18.9. The predicted molar refractivity (Wildman–Crippen MR) is 117 cm³/mol. The number of aryl methyl sites for hydroxylation is 1. The van der Waals surface area contributed by atoms with E-state index in [1.54, 1.807) is 4.90 Å². The highest BCUT2D eigenvalue weighted by atomic mass is 16.2. The fourth-order valence-electron chi connectivity index (χ4n) is 5.28. The standard InChI is InChI=1S/C23H34N6O/c1-17(2)29-18(3)25-21-20(29)15-27(14-19-6-10-24-11-7-19)16-23(21)8-12-28(13-9-23)22(30)26(4)5/h6-7,10-11,17H,8-9,12-16H2,1-5H3. The van der Waals surface area contributed by atoms with E-state index in [2.05, 4.69) is 47.4 Å². The van der Waals surface area contributed by atoms with Crippen LogP contribution in [0.15, 0.2) is 24.5 Å². The van der Waals surface area contributed by atoms with Gasteiger partial charge in [-0.15, -0.1) is 0 Å². The zero-order valence-electron chi connectivity index (χ0n) is 18.9. The van der Waals surface area contributed by atoms with E-state index >= 15 is 0 Å². The molecule has 0 aliphatic carbocycles. The highest BCUT2D eigenvalue weighted by molar-refractivity contribution is 5.74. The van der Waals surface area contributed by atoms with Crippen molar-refractivity contribution in [1.29, 1.82) is 0 Å². The smallest absolute Gasteiger partial charge is 0.319 e. The number of aromatic nitrogens is 3. The number of fused-ring (bicyclic) bond motifs is 2. The number of likely N-dealkylation sites (tertiary alicyclic amines) is 1. The zero-order chi connectivity index (χ0) is 21.5. The number of carbonyl (C=O) groups is 1. The van der Waals surface area contributed by atoms with Crippen LogP contribution in [-0.2, 0) is 18.5 Å². The summed E-state index contributed by atoms with van der Waals surface area (Å²) in [5.41, 5.74) is 3.93. The summed E-state index contributed by atoms with van der Waals surface area (Å²) >= 11 is 0. The highest BCUT2D eigenvalue weighted by Gasteiger charge is 2.46. The van der Waals surface area contributed by atoms with E-state index in [9.17, 15) is 4.79 Å². The maximum atomic E-state index is 12.5. The van der Waals surface area contributed by atoms with Gasteiger partial charge in [-0.05, 0) is 51.3 Å². The summed E-state index contributed by atoms with van der Waals surface area (Å²) in [6.07, 6.45) is 5.66. The van der Waals surface area contributed by atoms with Crippen molar-refractivity contribution in [1.82, 2.24) is 29.2 Å². The fourth-order valence-corrected chi connectivity index (χ4v) is 5.28. The highest BCUT2D eigenvalue weighted by Crippen LogP contribution is 2.42. The van der Waals surface area contributed by atoms with E-state index in [0.29, 0.717) is 6.04 Å². The molecular formula is C23H34N6O. The van der Waals surface area contributed by atoms with Crippen molar-refractivity contribution in [2.24, 2.45) is 0 Å². The fraction of sp³-hybridized carbons (Fsp3) is 0.609. The first kappa shape index (κ1) is 20.8. The van der Waals surface area contributed by atoms with Gasteiger partial charge in [0.15, 0.2) is 0 Å². The number of amides is 2. The molecule has 4 rings (SSSR count). The van der Waals surface area contributed by atoms with Crippen molar-refractivity contribution in [2.75, 3.05) is 33.7 Å². The minimum absolute atomic E-state index is 0.00854. The maximum Gasteiger partial charge on any atom is 0.319 e. The Morgan fingerprint density at radius 3 is 2.47 bits per heavy atom. The van der Waals surface area contributed by atoms with E-state index in [0.717, 1.165) is 51.4 Å². The number of hydrogen-bond acceptors (Lipinski definition) is 4. The van der Waals surface area contributed by atoms with Gasteiger partial charge >= 0.3 is 6.03 Å². The van der Waals surface area contributed by atoms with Crippen LogP contribution in [0.3, 0.4) is 0 Å². The molecule has 4 heterocycles. The van der Waals surface area contributed by atoms with Gasteiger partial charge in [0.05, 0.1) is 11.4 Å². The minimum Gasteiger partial charge on any atom is -0.331 e. The molecule has 0 N–H and O–H groups in total. The molecule has 0 radical (unpaired) electrons. The van der Waals surface area contributed by atoms with Crippen LogP contribution < -0.4 is 0 Å². The molecule has 1 fully saturated rings. The summed E-state index contributed by atoms with van der Waals surface area (Å²) in [5.74, 6) is 1.10. The van der Waals surface area contributed by atoms with Crippen LogP contribution in [0.5, 0.6) is 0 Å². The quantitative estimate of drug-likeness (QED) is 0.780. The number of hydrogen-bond donors (Lipinski definition) is 0. The van der Waals surface area contributed by atoms with Gasteiger partial charge in [-0.1, -0.05) is 0 Å². The van der Waals surface area contributed by atoms with Gasteiger partial charge in [0.2, 0.25) is 0 Å². The molecule has 7 heteroatoms. The van der Waals surface area contributed by atoms with Crippen molar-refractivity contribution in [2.45, 2.75) is 58.2 Å². The van der Waals surface area contributed by atoms with Gasteiger partial charge in [-0.3, -0.25) is 9.88 Å². The lowest BCUT2D eigenvalue weighted by molar-refractivity contribution is 0.0914. The maximum absolute atomic E-state index is 12.5. The van der Waals surface area contributed by atoms with Gasteiger partial charge in [0.1, 0.15) is 5.82 Å². The molecule has 0 bridgehead atoms. The second kappa shape index (κ2) is 8.02. The number of nitrogens with zero attached hydrogens (tertiary/aromatic N) is 6. The Labute approximate surface area is 179 Å². The summed E-state index contributed by atoms with van der Waals surface area (Å²) in [6, 6.07) is 4.70. The molecule has 2 amide bonds. The minimum atomic E-state index is 0.00854. The van der Waals surface area contributed by atoms with Crippen LogP contribution >= 0.6 is 0 Å². The van der Waals surface area contributed by atoms with Crippen LogP contribution in [0.1, 0.15) is 55.5 Å². The van der Waals surface area contributed by atoms with Crippen molar-refractivity contribution < 1.29 is 4.79 Å². The topological polar surface area (TPSA) is 57.5 Å². The molecule has 1 spiro atoms. The first-order valence-electron chi connectivity index (χ1n) is 11.0. The molecule has 30 heavy (non-hydrogen) atoms. The normalized spacial score (nSPS) is 18.7. The van der Waals surface area contributed by atoms with Gasteiger partial charge in [-0.2, -0.15) is 0 Å². The summed E-state index contributed by atoms with van der Waals surface area (Å²) in [4.78, 5) is 28.0. The van der Waals surface area contributed by atoms with Crippen LogP contribution in [-0.4, -0.2) is 69.0 Å². The molecule has 2 aromatic heterocycles. The van der Waals surface area contributed by atoms with E-state index < -0.39 is 0 Å². The van der Waals surface area contributed by atoms with Crippen molar-refractivity contribution in [3.63, 3.8) is 0 Å². The third kappa shape index (κ3) is 3.71. The van der Waals surface area contributed by atoms with Gasteiger partial charge in [0, 0.05) is 70.7 Å². The van der Waals surface area contributed by atoms with E-state index in [1.165, 1.54) is 17.0 Å². The van der Waals surface area contributed by atoms with Crippen molar-refractivity contribution >= 4 is 6.03 Å². The van der Waals surface area contributed by atoms with E-state index in [4.69, 9.17) is 4.98 Å². The molecule has 0 atom stereocenters. The van der Waals surface area contributed by atoms with Crippen LogP contribution in [0.25, 0.3) is 0 Å². The predicted octanol–water partition coefficient (Wildman–Crippen LogP) is 3.20. The summed E-state index contributed by atoms with van der Waals surface area (Å²) in [6.45, 7) is 11.0. The first-order chi connectivity index (χ1) is 14.3. The van der Waals surface area contributed by atoms with E-state index in [-0.39, 0.29) is 11.4 Å². The molecule has 0 saturated carbocycles. The Balaban J connectivity index is 1.66. The lowest BCUT2D eigenvalue weighted by Gasteiger charge is -2.47. The molecular weight excluding hydrogens is 376 g/mol. The van der Waals surface area contributed by atoms with E-state index in [1.807, 2.05) is 31.4 Å². The molecule has 162 valence electrons. The number of rotatable bonds is 3. The van der Waals surface area contributed by atoms with Crippen LogP contribution in [0, 0.1) is 6.92 Å². The molecule has 0 unspecified atom stereocenters. The Kier molecular flexibility index (Phi) is 5.57. The lowest BCUT2D eigenvalue weighted by atomic mass is 9.72. The van der Waals surface area contributed by atoms with Gasteiger partial charge in [0.25, 0.3) is 0 Å². The summed E-state index contributed by atoms with van der Waals surface area (Å²) in [5, 5.41) is 0. The Morgan fingerprint density at radius 1 is 1.20 bits per heavy atom. The number of imidazole rings is 1. The molecule has 7 nitrogen and oxygen atoms in total. The SMILES string of the molecule is Cc1nc2c(n1C(C)C)CN(Cc1ccncc1)CC21CCN(C(=O)N(C)C)CC1.